The highest BCUT2D eigenvalue weighted by Gasteiger charge is 2.16. The van der Waals surface area contributed by atoms with Gasteiger partial charge in [-0.25, -0.2) is 8.42 Å². The molecule has 1 aromatic heterocycles. The first-order valence-corrected chi connectivity index (χ1v) is 9.53. The van der Waals surface area contributed by atoms with Crippen molar-refractivity contribution >= 4 is 33.4 Å². The molecule has 0 saturated carbocycles. The number of ether oxygens (including phenoxy) is 1. The summed E-state index contributed by atoms with van der Waals surface area (Å²) in [6.07, 6.45) is 6.87. The van der Waals surface area contributed by atoms with E-state index in [2.05, 4.69) is 9.82 Å². The summed E-state index contributed by atoms with van der Waals surface area (Å²) >= 11 is 5.80. The van der Waals surface area contributed by atoms with Gasteiger partial charge in [0.25, 0.3) is 10.0 Å². The van der Waals surface area contributed by atoms with Crippen LogP contribution in [0.3, 0.4) is 0 Å². The van der Waals surface area contributed by atoms with E-state index in [-0.39, 0.29) is 6.10 Å². The zero-order chi connectivity index (χ0) is 17.0. The Labute approximate surface area is 146 Å². The Morgan fingerprint density at radius 1 is 1.38 bits per heavy atom. The maximum Gasteiger partial charge on any atom is 0.255 e. The quantitative estimate of drug-likeness (QED) is 0.851. The van der Waals surface area contributed by atoms with E-state index in [4.69, 9.17) is 16.3 Å². The molecule has 1 N–H and O–H groups in total. The lowest BCUT2D eigenvalue weighted by molar-refractivity contribution is 0.0940. The highest BCUT2D eigenvalue weighted by Crippen LogP contribution is 2.16. The van der Waals surface area contributed by atoms with Gasteiger partial charge in [-0.15, -0.1) is 0 Å². The molecular weight excluding hydrogens is 350 g/mol. The molecule has 6 nitrogen and oxygen atoms in total. The second-order valence-corrected chi connectivity index (χ2v) is 7.59. The van der Waals surface area contributed by atoms with Crippen molar-refractivity contribution in [1.82, 2.24) is 9.78 Å². The molecule has 0 spiro atoms. The molecule has 1 saturated heterocycles. The van der Waals surface area contributed by atoms with Gasteiger partial charge in [0.15, 0.2) is 0 Å². The van der Waals surface area contributed by atoms with Crippen LogP contribution in [0.5, 0.6) is 0 Å². The first-order chi connectivity index (χ1) is 11.5. The summed E-state index contributed by atoms with van der Waals surface area (Å²) in [6, 6.07) is 6.90. The molecule has 1 unspecified atom stereocenters. The maximum absolute atomic E-state index is 12.1. The predicted molar refractivity (Wildman–Crippen MR) is 94.2 cm³/mol. The first kappa shape index (κ1) is 17.0. The van der Waals surface area contributed by atoms with Crippen molar-refractivity contribution in [3.05, 3.63) is 52.7 Å². The summed E-state index contributed by atoms with van der Waals surface area (Å²) in [5.41, 5.74) is 1.17. The average molecular weight is 368 g/mol. The molecule has 2 aromatic rings. The molecule has 8 heteroatoms. The minimum absolute atomic E-state index is 0.152. The zero-order valence-electron chi connectivity index (χ0n) is 12.9. The van der Waals surface area contributed by atoms with Gasteiger partial charge in [-0.3, -0.25) is 9.40 Å². The van der Waals surface area contributed by atoms with Crippen molar-refractivity contribution in [3.63, 3.8) is 0 Å². The lowest BCUT2D eigenvalue weighted by Gasteiger charge is -2.08. The number of halogens is 1. The van der Waals surface area contributed by atoms with Crippen molar-refractivity contribution in [1.29, 1.82) is 0 Å². The van der Waals surface area contributed by atoms with Crippen LogP contribution in [0.4, 0.5) is 5.69 Å². The van der Waals surface area contributed by atoms with Gasteiger partial charge in [-0.2, -0.15) is 5.10 Å². The predicted octanol–water partition coefficient (Wildman–Crippen LogP) is 3.13. The van der Waals surface area contributed by atoms with Crippen LogP contribution in [0, 0.1) is 0 Å². The fraction of sp³-hybridized carbons (Fsp3) is 0.312. The molecule has 1 atom stereocenters. The Balaban J connectivity index is 1.61. The highest BCUT2D eigenvalue weighted by molar-refractivity contribution is 7.95. The topological polar surface area (TPSA) is 73.2 Å². The van der Waals surface area contributed by atoms with E-state index < -0.39 is 10.0 Å². The van der Waals surface area contributed by atoms with E-state index in [1.54, 1.807) is 35.1 Å². The normalized spacial score (nSPS) is 18.3. The summed E-state index contributed by atoms with van der Waals surface area (Å²) < 4.78 is 33.9. The Morgan fingerprint density at radius 3 is 2.88 bits per heavy atom. The van der Waals surface area contributed by atoms with Crippen molar-refractivity contribution in [2.75, 3.05) is 11.3 Å². The lowest BCUT2D eigenvalue weighted by atomic mass is 10.2. The number of rotatable bonds is 6. The monoisotopic (exact) mass is 367 g/mol. The highest BCUT2D eigenvalue weighted by atomic mass is 35.5. The van der Waals surface area contributed by atoms with Gasteiger partial charge in [0.1, 0.15) is 0 Å². The minimum atomic E-state index is -3.60. The van der Waals surface area contributed by atoms with Crippen LogP contribution in [0.1, 0.15) is 18.4 Å². The summed E-state index contributed by atoms with van der Waals surface area (Å²) in [4.78, 5) is 0. The summed E-state index contributed by atoms with van der Waals surface area (Å²) in [5, 5.41) is 5.89. The number of nitrogens with one attached hydrogen (secondary N) is 1. The van der Waals surface area contributed by atoms with Crippen LogP contribution in [-0.2, 0) is 21.3 Å². The van der Waals surface area contributed by atoms with E-state index in [0.717, 1.165) is 30.4 Å². The van der Waals surface area contributed by atoms with Gasteiger partial charge in [0.05, 0.1) is 29.9 Å². The standard InChI is InChI=1S/C16H18ClN3O3S/c17-14-5-3-13(4-6-14)7-9-24(21,22)19-15-10-18-20(11-15)12-16-2-1-8-23-16/h3-7,9-11,16,19H,1-2,8,12H2/b9-7+. The van der Waals surface area contributed by atoms with Gasteiger partial charge in [-0.1, -0.05) is 23.7 Å². The van der Waals surface area contributed by atoms with Crippen molar-refractivity contribution in [3.8, 4) is 0 Å². The smallest absolute Gasteiger partial charge is 0.255 e. The number of hydrogen-bond acceptors (Lipinski definition) is 4. The van der Waals surface area contributed by atoms with Gasteiger partial charge in [0.2, 0.25) is 0 Å². The second-order valence-electron chi connectivity index (χ2n) is 5.59. The number of benzene rings is 1. The average Bonchev–Trinajstić information content (AvgIpc) is 3.19. The third-order valence-electron chi connectivity index (χ3n) is 3.62. The lowest BCUT2D eigenvalue weighted by Crippen LogP contribution is -2.15. The molecule has 0 bridgehead atoms. The fourth-order valence-corrected chi connectivity index (χ4v) is 3.42. The van der Waals surface area contributed by atoms with Crippen molar-refractivity contribution in [2.24, 2.45) is 0 Å². The molecule has 24 heavy (non-hydrogen) atoms. The largest absolute Gasteiger partial charge is 0.376 e. The van der Waals surface area contributed by atoms with Crippen molar-refractivity contribution in [2.45, 2.75) is 25.5 Å². The van der Waals surface area contributed by atoms with E-state index in [1.165, 1.54) is 12.3 Å². The van der Waals surface area contributed by atoms with Crippen LogP contribution >= 0.6 is 11.6 Å². The van der Waals surface area contributed by atoms with Gasteiger partial charge in [-0.05, 0) is 36.6 Å². The van der Waals surface area contributed by atoms with Crippen LogP contribution in [-0.4, -0.2) is 30.9 Å². The van der Waals surface area contributed by atoms with E-state index in [9.17, 15) is 8.42 Å². The number of aromatic nitrogens is 2. The number of sulfonamides is 1. The van der Waals surface area contributed by atoms with Crippen LogP contribution < -0.4 is 4.72 Å². The second kappa shape index (κ2) is 7.38. The Kier molecular flexibility index (Phi) is 5.23. The fourth-order valence-electron chi connectivity index (χ4n) is 2.45. The molecular formula is C16H18ClN3O3S. The Hall–Kier alpha value is -1.83. The summed E-state index contributed by atoms with van der Waals surface area (Å²) in [5.74, 6) is 0. The van der Waals surface area contributed by atoms with E-state index >= 15 is 0 Å². The molecule has 1 fully saturated rings. The minimum Gasteiger partial charge on any atom is -0.376 e. The van der Waals surface area contributed by atoms with E-state index in [1.807, 2.05) is 0 Å². The van der Waals surface area contributed by atoms with Crippen LogP contribution in [0.25, 0.3) is 6.08 Å². The Bertz CT molecular complexity index is 809. The van der Waals surface area contributed by atoms with Gasteiger partial charge < -0.3 is 4.74 Å². The van der Waals surface area contributed by atoms with Gasteiger partial charge in [0, 0.05) is 17.8 Å². The zero-order valence-corrected chi connectivity index (χ0v) is 14.5. The number of nitrogens with zero attached hydrogens (tertiary/aromatic N) is 2. The van der Waals surface area contributed by atoms with Crippen molar-refractivity contribution < 1.29 is 13.2 Å². The van der Waals surface area contributed by atoms with Crippen LogP contribution in [0.15, 0.2) is 42.1 Å². The molecule has 1 aromatic carbocycles. The molecule has 1 aliphatic rings. The maximum atomic E-state index is 12.1. The number of anilines is 1. The summed E-state index contributed by atoms with van der Waals surface area (Å²) in [7, 11) is -3.60. The molecule has 1 aliphatic heterocycles. The molecule has 3 rings (SSSR count). The molecule has 128 valence electrons. The Morgan fingerprint density at radius 2 is 2.17 bits per heavy atom. The summed E-state index contributed by atoms with van der Waals surface area (Å²) in [6.45, 7) is 1.41. The molecule has 0 aliphatic carbocycles. The third-order valence-corrected chi connectivity index (χ3v) is 4.88. The molecule has 0 radical (unpaired) electrons. The van der Waals surface area contributed by atoms with Crippen LogP contribution in [0.2, 0.25) is 5.02 Å². The third kappa shape index (κ3) is 4.83. The molecule has 2 heterocycles. The number of hydrogen-bond donors (Lipinski definition) is 1. The first-order valence-electron chi connectivity index (χ1n) is 7.61. The SMILES string of the molecule is O=S(=O)(/C=C/c1ccc(Cl)cc1)Nc1cnn(CC2CCCO2)c1. The molecule has 0 amide bonds. The van der Waals surface area contributed by atoms with E-state index in [0.29, 0.717) is 17.3 Å². The van der Waals surface area contributed by atoms with Gasteiger partial charge >= 0.3 is 0 Å².